The van der Waals surface area contributed by atoms with Crippen molar-refractivity contribution in [1.82, 2.24) is 15.3 Å². The van der Waals surface area contributed by atoms with Crippen LogP contribution in [0.25, 0.3) is 0 Å². The Morgan fingerprint density at radius 1 is 1.32 bits per heavy atom. The van der Waals surface area contributed by atoms with E-state index in [-0.39, 0.29) is 12.3 Å². The molecule has 0 aliphatic carbocycles. The molecule has 0 aliphatic rings. The Balaban J connectivity index is 1.93. The molecule has 0 radical (unpaired) electrons. The second kappa shape index (κ2) is 7.23. The van der Waals surface area contributed by atoms with Crippen LogP contribution in [0, 0.1) is 0 Å². The number of aromatic amines is 1. The van der Waals surface area contributed by atoms with E-state index in [1.165, 1.54) is 12.5 Å². The molecule has 8 nitrogen and oxygen atoms in total. The van der Waals surface area contributed by atoms with Crippen LogP contribution in [0.4, 0.5) is 4.79 Å². The summed E-state index contributed by atoms with van der Waals surface area (Å²) in [6, 6.07) is 7.38. The van der Waals surface area contributed by atoms with Crippen LogP contribution in [0.5, 0.6) is 0 Å². The van der Waals surface area contributed by atoms with Crippen molar-refractivity contribution in [2.45, 2.75) is 18.8 Å². The quantitative estimate of drug-likeness (QED) is 0.626. The van der Waals surface area contributed by atoms with Crippen LogP contribution < -0.4 is 5.32 Å². The summed E-state index contributed by atoms with van der Waals surface area (Å²) in [5, 5.41) is 21.2. The van der Waals surface area contributed by atoms with Gasteiger partial charge in [-0.2, -0.15) is 0 Å². The van der Waals surface area contributed by atoms with Crippen molar-refractivity contribution in [3.05, 3.63) is 54.1 Å². The van der Waals surface area contributed by atoms with Crippen LogP contribution in [0.2, 0.25) is 0 Å². The van der Waals surface area contributed by atoms with Crippen molar-refractivity contribution in [3.8, 4) is 0 Å². The molecule has 8 heteroatoms. The molecule has 0 saturated carbocycles. The average Bonchev–Trinajstić information content (AvgIpc) is 3.05. The molecule has 2 unspecified atom stereocenters. The van der Waals surface area contributed by atoms with Crippen molar-refractivity contribution < 1.29 is 24.5 Å². The van der Waals surface area contributed by atoms with Crippen molar-refractivity contribution in [2.75, 3.05) is 0 Å². The predicted molar refractivity (Wildman–Crippen MR) is 74.7 cm³/mol. The maximum absolute atomic E-state index is 11.7. The SMILES string of the molecule is O=C(NC(C(=O)O)C(O)c1cnc[nH]1)OCc1ccccc1. The molecule has 0 spiro atoms. The summed E-state index contributed by atoms with van der Waals surface area (Å²) in [7, 11) is 0. The number of amides is 1. The van der Waals surface area contributed by atoms with Gasteiger partial charge in [-0.25, -0.2) is 14.6 Å². The third-order valence-corrected chi connectivity index (χ3v) is 2.91. The number of ether oxygens (including phenoxy) is 1. The standard InChI is InChI=1S/C14H15N3O5/c18-12(10-6-15-8-16-10)11(13(19)20)17-14(21)22-7-9-4-2-1-3-5-9/h1-6,8,11-12,18H,7H2,(H,15,16)(H,17,21)(H,19,20). The van der Waals surface area contributed by atoms with Gasteiger partial charge in [-0.1, -0.05) is 30.3 Å². The molecule has 1 amide bonds. The van der Waals surface area contributed by atoms with Gasteiger partial charge in [0, 0.05) is 0 Å². The number of hydrogen-bond donors (Lipinski definition) is 4. The number of rotatable bonds is 6. The molecule has 22 heavy (non-hydrogen) atoms. The number of carbonyl (C=O) groups is 2. The number of H-pyrrole nitrogens is 1. The highest BCUT2D eigenvalue weighted by molar-refractivity contribution is 5.80. The number of alkyl carbamates (subject to hydrolysis) is 1. The van der Waals surface area contributed by atoms with Gasteiger partial charge < -0.3 is 25.3 Å². The van der Waals surface area contributed by atoms with Crippen molar-refractivity contribution in [2.24, 2.45) is 0 Å². The number of imidazole rings is 1. The van der Waals surface area contributed by atoms with Crippen molar-refractivity contribution in [1.29, 1.82) is 0 Å². The minimum absolute atomic E-state index is 0.000828. The number of nitrogens with zero attached hydrogens (tertiary/aromatic N) is 1. The monoisotopic (exact) mass is 305 g/mol. The highest BCUT2D eigenvalue weighted by atomic mass is 16.5. The van der Waals surface area contributed by atoms with Gasteiger partial charge in [0.2, 0.25) is 0 Å². The normalized spacial score (nSPS) is 13.1. The van der Waals surface area contributed by atoms with E-state index in [1.807, 2.05) is 6.07 Å². The molecule has 2 atom stereocenters. The minimum Gasteiger partial charge on any atom is -0.480 e. The van der Waals surface area contributed by atoms with E-state index in [9.17, 15) is 14.7 Å². The maximum Gasteiger partial charge on any atom is 0.408 e. The predicted octanol–water partition coefficient (Wildman–Crippen LogP) is 0.823. The highest BCUT2D eigenvalue weighted by Crippen LogP contribution is 2.14. The number of aliphatic carboxylic acids is 1. The number of nitrogens with one attached hydrogen (secondary N) is 2. The van der Waals surface area contributed by atoms with Crippen LogP contribution in [0.15, 0.2) is 42.9 Å². The number of aliphatic hydroxyl groups excluding tert-OH is 1. The van der Waals surface area contributed by atoms with Crippen LogP contribution in [0.1, 0.15) is 17.4 Å². The number of hydrogen-bond acceptors (Lipinski definition) is 5. The Morgan fingerprint density at radius 2 is 2.05 bits per heavy atom. The zero-order valence-electron chi connectivity index (χ0n) is 11.5. The average molecular weight is 305 g/mol. The Bertz CT molecular complexity index is 615. The van der Waals surface area contributed by atoms with E-state index in [2.05, 4.69) is 15.3 Å². The summed E-state index contributed by atoms with van der Waals surface area (Å²) in [6.45, 7) is -0.000828. The second-order valence-corrected chi connectivity index (χ2v) is 4.47. The van der Waals surface area contributed by atoms with Gasteiger partial charge in [-0.05, 0) is 5.56 Å². The largest absolute Gasteiger partial charge is 0.480 e. The minimum atomic E-state index is -1.55. The summed E-state index contributed by atoms with van der Waals surface area (Å²) >= 11 is 0. The molecular formula is C14H15N3O5. The third-order valence-electron chi connectivity index (χ3n) is 2.91. The summed E-state index contributed by atoms with van der Waals surface area (Å²) in [5.74, 6) is -1.39. The number of aromatic nitrogens is 2. The Hall–Kier alpha value is -2.87. The fraction of sp³-hybridized carbons (Fsp3) is 0.214. The van der Waals surface area contributed by atoms with E-state index < -0.39 is 24.2 Å². The number of carboxylic acids is 1. The summed E-state index contributed by atoms with van der Waals surface area (Å²) < 4.78 is 4.93. The van der Waals surface area contributed by atoms with Crippen LogP contribution >= 0.6 is 0 Å². The van der Waals surface area contributed by atoms with Gasteiger partial charge in [0.05, 0.1) is 18.2 Å². The number of carboxylic acid groups (broad SMARTS) is 1. The first kappa shape index (κ1) is 15.5. The summed E-state index contributed by atoms with van der Waals surface area (Å²) in [6.07, 6.45) is 0.169. The smallest absolute Gasteiger partial charge is 0.408 e. The molecule has 2 rings (SSSR count). The molecule has 4 N–H and O–H groups in total. The molecule has 1 aromatic heterocycles. The molecule has 0 aliphatic heterocycles. The second-order valence-electron chi connectivity index (χ2n) is 4.47. The lowest BCUT2D eigenvalue weighted by atomic mass is 10.1. The first-order chi connectivity index (χ1) is 10.6. The van der Waals surface area contributed by atoms with E-state index in [4.69, 9.17) is 9.84 Å². The summed E-state index contributed by atoms with van der Waals surface area (Å²) in [4.78, 5) is 29.1. The molecular weight excluding hydrogens is 290 g/mol. The molecule has 0 fully saturated rings. The number of aliphatic hydroxyl groups is 1. The number of carbonyl (C=O) groups excluding carboxylic acids is 1. The third kappa shape index (κ3) is 4.06. The van der Waals surface area contributed by atoms with Gasteiger partial charge in [-0.15, -0.1) is 0 Å². The van der Waals surface area contributed by atoms with Gasteiger partial charge >= 0.3 is 12.1 Å². The van der Waals surface area contributed by atoms with E-state index in [0.29, 0.717) is 0 Å². The van der Waals surface area contributed by atoms with Crippen LogP contribution in [0.3, 0.4) is 0 Å². The fourth-order valence-electron chi connectivity index (χ4n) is 1.78. The number of benzene rings is 1. The van der Waals surface area contributed by atoms with Gasteiger partial charge in [-0.3, -0.25) is 0 Å². The highest BCUT2D eigenvalue weighted by Gasteiger charge is 2.30. The van der Waals surface area contributed by atoms with E-state index in [0.717, 1.165) is 5.56 Å². The molecule has 2 aromatic rings. The van der Waals surface area contributed by atoms with E-state index in [1.54, 1.807) is 24.3 Å². The molecule has 116 valence electrons. The molecule has 1 aromatic carbocycles. The van der Waals surface area contributed by atoms with Gasteiger partial charge in [0.15, 0.2) is 6.04 Å². The Kier molecular flexibility index (Phi) is 5.10. The van der Waals surface area contributed by atoms with Gasteiger partial charge in [0.25, 0.3) is 0 Å². The van der Waals surface area contributed by atoms with Gasteiger partial charge in [0.1, 0.15) is 12.7 Å². The lowest BCUT2D eigenvalue weighted by Gasteiger charge is -2.19. The molecule has 0 bridgehead atoms. The van der Waals surface area contributed by atoms with Crippen LogP contribution in [-0.2, 0) is 16.1 Å². The topological polar surface area (TPSA) is 125 Å². The lowest BCUT2D eigenvalue weighted by molar-refractivity contribution is -0.142. The first-order valence-electron chi connectivity index (χ1n) is 6.44. The Labute approximate surface area is 125 Å². The zero-order chi connectivity index (χ0) is 15.9. The summed E-state index contributed by atoms with van der Waals surface area (Å²) in [5.41, 5.74) is 0.939. The lowest BCUT2D eigenvalue weighted by Crippen LogP contribution is -2.45. The molecule has 0 saturated heterocycles. The fourth-order valence-corrected chi connectivity index (χ4v) is 1.78. The van der Waals surface area contributed by atoms with Crippen molar-refractivity contribution >= 4 is 12.1 Å². The van der Waals surface area contributed by atoms with E-state index >= 15 is 0 Å². The molecule has 1 heterocycles. The first-order valence-corrected chi connectivity index (χ1v) is 6.44. The van der Waals surface area contributed by atoms with Crippen LogP contribution in [-0.4, -0.2) is 38.3 Å². The van der Waals surface area contributed by atoms with Crippen molar-refractivity contribution in [3.63, 3.8) is 0 Å². The maximum atomic E-state index is 11.7. The zero-order valence-corrected chi connectivity index (χ0v) is 11.5. The Morgan fingerprint density at radius 3 is 2.64 bits per heavy atom.